The standard InChI is InChI=1S/C10H18N2O/c1-5-7(2)9(4)12-10(13)8(3)6-11/h7-9H,5H2,1-4H3,(H,12,13). The molecule has 0 radical (unpaired) electrons. The Bertz CT molecular complexity index is 207. The van der Waals surface area contributed by atoms with E-state index < -0.39 is 5.92 Å². The van der Waals surface area contributed by atoms with Gasteiger partial charge in [-0.3, -0.25) is 4.79 Å². The zero-order valence-electron chi connectivity index (χ0n) is 8.79. The van der Waals surface area contributed by atoms with E-state index in [0.717, 1.165) is 6.42 Å². The van der Waals surface area contributed by atoms with Crippen LogP contribution in [0.5, 0.6) is 0 Å². The topological polar surface area (TPSA) is 52.9 Å². The summed E-state index contributed by atoms with van der Waals surface area (Å²) in [7, 11) is 0. The molecule has 74 valence electrons. The molecule has 0 rings (SSSR count). The molecule has 0 aliphatic heterocycles. The molecule has 0 aliphatic carbocycles. The molecule has 0 heterocycles. The molecule has 1 amide bonds. The van der Waals surface area contributed by atoms with Crippen LogP contribution < -0.4 is 5.32 Å². The fourth-order valence-corrected chi connectivity index (χ4v) is 0.904. The van der Waals surface area contributed by atoms with Crippen molar-refractivity contribution >= 4 is 5.91 Å². The molecular weight excluding hydrogens is 164 g/mol. The molecule has 1 N–H and O–H groups in total. The molecule has 0 aromatic carbocycles. The maximum atomic E-state index is 11.3. The smallest absolute Gasteiger partial charge is 0.237 e. The van der Waals surface area contributed by atoms with Gasteiger partial charge in [0.25, 0.3) is 0 Å². The second-order valence-electron chi connectivity index (χ2n) is 3.53. The highest BCUT2D eigenvalue weighted by Gasteiger charge is 2.17. The van der Waals surface area contributed by atoms with Gasteiger partial charge in [0.15, 0.2) is 0 Å². The van der Waals surface area contributed by atoms with Crippen LogP contribution in [0.3, 0.4) is 0 Å². The molecule has 3 heteroatoms. The summed E-state index contributed by atoms with van der Waals surface area (Å²) in [5.41, 5.74) is 0. The van der Waals surface area contributed by atoms with E-state index in [1.54, 1.807) is 6.92 Å². The quantitative estimate of drug-likeness (QED) is 0.719. The predicted octanol–water partition coefficient (Wildman–Crippen LogP) is 1.70. The Balaban J connectivity index is 4.00. The van der Waals surface area contributed by atoms with Gasteiger partial charge in [0.05, 0.1) is 6.07 Å². The lowest BCUT2D eigenvalue weighted by Crippen LogP contribution is -2.39. The van der Waals surface area contributed by atoms with Crippen LogP contribution in [0, 0.1) is 23.2 Å². The van der Waals surface area contributed by atoms with E-state index >= 15 is 0 Å². The molecule has 0 spiro atoms. The Morgan fingerprint density at radius 1 is 1.46 bits per heavy atom. The minimum atomic E-state index is -0.550. The summed E-state index contributed by atoms with van der Waals surface area (Å²) >= 11 is 0. The normalized spacial score (nSPS) is 16.8. The molecule has 0 aromatic rings. The number of carbonyl (C=O) groups is 1. The monoisotopic (exact) mass is 182 g/mol. The van der Waals surface area contributed by atoms with Crippen molar-refractivity contribution in [1.29, 1.82) is 5.26 Å². The number of hydrogen-bond acceptors (Lipinski definition) is 2. The van der Waals surface area contributed by atoms with Gasteiger partial charge in [-0.25, -0.2) is 0 Å². The highest BCUT2D eigenvalue weighted by Crippen LogP contribution is 2.07. The first-order chi connectivity index (χ1) is 6.02. The first-order valence-corrected chi connectivity index (χ1v) is 4.72. The Kier molecular flexibility index (Phi) is 5.13. The number of rotatable bonds is 4. The second-order valence-corrected chi connectivity index (χ2v) is 3.53. The van der Waals surface area contributed by atoms with E-state index in [9.17, 15) is 4.79 Å². The molecule has 0 fully saturated rings. The summed E-state index contributed by atoms with van der Waals surface area (Å²) in [6.07, 6.45) is 1.03. The van der Waals surface area contributed by atoms with Crippen molar-refractivity contribution in [3.8, 4) is 6.07 Å². The van der Waals surface area contributed by atoms with E-state index in [1.807, 2.05) is 13.0 Å². The van der Waals surface area contributed by atoms with E-state index in [-0.39, 0.29) is 11.9 Å². The van der Waals surface area contributed by atoms with Crippen molar-refractivity contribution in [3.05, 3.63) is 0 Å². The van der Waals surface area contributed by atoms with Crippen LogP contribution in [0.4, 0.5) is 0 Å². The van der Waals surface area contributed by atoms with Crippen LogP contribution in [-0.4, -0.2) is 11.9 Å². The molecule has 13 heavy (non-hydrogen) atoms. The third-order valence-corrected chi connectivity index (χ3v) is 2.45. The summed E-state index contributed by atoms with van der Waals surface area (Å²) in [5.74, 6) is -0.267. The second kappa shape index (κ2) is 5.58. The summed E-state index contributed by atoms with van der Waals surface area (Å²) in [6.45, 7) is 7.75. The van der Waals surface area contributed by atoms with E-state index in [0.29, 0.717) is 5.92 Å². The highest BCUT2D eigenvalue weighted by atomic mass is 16.1. The first-order valence-electron chi connectivity index (χ1n) is 4.72. The van der Waals surface area contributed by atoms with Crippen LogP contribution >= 0.6 is 0 Å². The number of nitrogens with zero attached hydrogens (tertiary/aromatic N) is 1. The number of nitriles is 1. The number of hydrogen-bond donors (Lipinski definition) is 1. The van der Waals surface area contributed by atoms with Crippen LogP contribution in [0.25, 0.3) is 0 Å². The number of carbonyl (C=O) groups excluding carboxylic acids is 1. The lowest BCUT2D eigenvalue weighted by Gasteiger charge is -2.20. The third kappa shape index (κ3) is 3.93. The molecule has 0 bridgehead atoms. The molecular formula is C10H18N2O. The summed E-state index contributed by atoms with van der Waals surface area (Å²) < 4.78 is 0. The van der Waals surface area contributed by atoms with Crippen LogP contribution in [0.2, 0.25) is 0 Å². The molecule has 0 saturated heterocycles. The van der Waals surface area contributed by atoms with Gasteiger partial charge in [-0.2, -0.15) is 5.26 Å². The molecule has 3 atom stereocenters. The molecule has 0 aliphatic rings. The van der Waals surface area contributed by atoms with Gasteiger partial charge in [-0.15, -0.1) is 0 Å². The fraction of sp³-hybridized carbons (Fsp3) is 0.800. The molecule has 0 saturated carbocycles. The summed E-state index contributed by atoms with van der Waals surface area (Å²) in [4.78, 5) is 11.3. The minimum Gasteiger partial charge on any atom is -0.352 e. The van der Waals surface area contributed by atoms with E-state index in [4.69, 9.17) is 5.26 Å². The fourth-order valence-electron chi connectivity index (χ4n) is 0.904. The minimum absolute atomic E-state index is 0.147. The van der Waals surface area contributed by atoms with Crippen molar-refractivity contribution in [2.75, 3.05) is 0 Å². The van der Waals surface area contributed by atoms with Crippen molar-refractivity contribution in [1.82, 2.24) is 5.32 Å². The van der Waals surface area contributed by atoms with Gasteiger partial charge in [0.1, 0.15) is 5.92 Å². The zero-order valence-corrected chi connectivity index (χ0v) is 8.79. The number of amides is 1. The zero-order chi connectivity index (χ0) is 10.4. The lowest BCUT2D eigenvalue weighted by molar-refractivity contribution is -0.123. The summed E-state index contributed by atoms with van der Waals surface area (Å²) in [6, 6.07) is 2.06. The van der Waals surface area contributed by atoms with Crippen molar-refractivity contribution < 1.29 is 4.79 Å². The third-order valence-electron chi connectivity index (χ3n) is 2.45. The van der Waals surface area contributed by atoms with Gasteiger partial charge in [-0.1, -0.05) is 20.3 Å². The predicted molar refractivity (Wildman–Crippen MR) is 51.8 cm³/mol. The average molecular weight is 182 g/mol. The van der Waals surface area contributed by atoms with Gasteiger partial charge in [0, 0.05) is 6.04 Å². The summed E-state index contributed by atoms with van der Waals surface area (Å²) in [5, 5.41) is 11.3. The molecule has 3 nitrogen and oxygen atoms in total. The maximum absolute atomic E-state index is 11.3. The maximum Gasteiger partial charge on any atom is 0.237 e. The SMILES string of the molecule is CCC(C)C(C)NC(=O)C(C)C#N. The Morgan fingerprint density at radius 2 is 2.00 bits per heavy atom. The Hall–Kier alpha value is -1.04. The van der Waals surface area contributed by atoms with Gasteiger partial charge in [-0.05, 0) is 19.8 Å². The van der Waals surface area contributed by atoms with Crippen molar-refractivity contribution in [2.24, 2.45) is 11.8 Å². The van der Waals surface area contributed by atoms with Gasteiger partial charge >= 0.3 is 0 Å². The van der Waals surface area contributed by atoms with Crippen LogP contribution in [-0.2, 0) is 4.79 Å². The number of nitrogens with one attached hydrogen (secondary N) is 1. The molecule has 0 aromatic heterocycles. The van der Waals surface area contributed by atoms with Gasteiger partial charge < -0.3 is 5.32 Å². The van der Waals surface area contributed by atoms with Crippen molar-refractivity contribution in [3.63, 3.8) is 0 Å². The van der Waals surface area contributed by atoms with E-state index in [1.165, 1.54) is 0 Å². The Morgan fingerprint density at radius 3 is 2.38 bits per heavy atom. The van der Waals surface area contributed by atoms with Crippen LogP contribution in [0.15, 0.2) is 0 Å². The highest BCUT2D eigenvalue weighted by molar-refractivity contribution is 5.80. The molecule has 3 unspecified atom stereocenters. The van der Waals surface area contributed by atoms with Crippen LogP contribution in [0.1, 0.15) is 34.1 Å². The Labute approximate surface area is 80.1 Å². The lowest BCUT2D eigenvalue weighted by atomic mass is 10.0. The van der Waals surface area contributed by atoms with Crippen molar-refractivity contribution in [2.45, 2.75) is 40.2 Å². The first kappa shape index (κ1) is 12.0. The largest absolute Gasteiger partial charge is 0.352 e. The average Bonchev–Trinajstić information content (AvgIpc) is 2.14. The van der Waals surface area contributed by atoms with E-state index in [2.05, 4.69) is 19.2 Å². The van der Waals surface area contributed by atoms with Gasteiger partial charge in [0.2, 0.25) is 5.91 Å².